The molecule has 1 nitrogen and oxygen atoms in total. The summed E-state index contributed by atoms with van der Waals surface area (Å²) in [6.45, 7) is 0. The topological polar surface area (TPSA) is 20.2 Å². The Labute approximate surface area is 73.2 Å². The van der Waals surface area contributed by atoms with Crippen LogP contribution in [0.5, 0.6) is 5.75 Å². The smallest absolute Gasteiger partial charge is 0.116 e. The first-order valence-corrected chi connectivity index (χ1v) is 4.32. The predicted molar refractivity (Wildman–Crippen MR) is 55.0 cm³/mol. The molecular formula is C10H9OP. The fraction of sp³-hybridized carbons (Fsp3) is 0. The Morgan fingerprint density at radius 3 is 2.42 bits per heavy atom. The molecule has 12 heavy (non-hydrogen) atoms. The van der Waals surface area contributed by atoms with E-state index in [0.29, 0.717) is 5.75 Å². The zero-order chi connectivity index (χ0) is 8.55. The number of rotatable bonds is 0. The van der Waals surface area contributed by atoms with Gasteiger partial charge in [0.15, 0.2) is 0 Å². The van der Waals surface area contributed by atoms with Crippen molar-refractivity contribution in [2.75, 3.05) is 0 Å². The van der Waals surface area contributed by atoms with Crippen LogP contribution in [0, 0.1) is 0 Å². The first kappa shape index (κ1) is 7.57. The second-order valence-electron chi connectivity index (χ2n) is 2.79. The van der Waals surface area contributed by atoms with Crippen molar-refractivity contribution in [3.8, 4) is 5.75 Å². The highest BCUT2D eigenvalue weighted by Gasteiger charge is 1.94. The average Bonchev–Trinajstić information content (AvgIpc) is 2.05. The molecule has 2 rings (SSSR count). The number of phenolic OH excluding ortho intramolecular Hbond substituents is 1. The lowest BCUT2D eigenvalue weighted by Gasteiger charge is -1.99. The van der Waals surface area contributed by atoms with Crippen LogP contribution in [0.1, 0.15) is 0 Å². The van der Waals surface area contributed by atoms with Gasteiger partial charge in [-0.15, -0.1) is 9.24 Å². The third-order valence-electron chi connectivity index (χ3n) is 1.85. The van der Waals surface area contributed by atoms with E-state index in [1.54, 1.807) is 12.1 Å². The summed E-state index contributed by atoms with van der Waals surface area (Å²) < 4.78 is 0. The summed E-state index contributed by atoms with van der Waals surface area (Å²) >= 11 is 0. The molecule has 0 radical (unpaired) electrons. The van der Waals surface area contributed by atoms with Crippen LogP contribution in [-0.4, -0.2) is 5.11 Å². The van der Waals surface area contributed by atoms with Gasteiger partial charge in [0, 0.05) is 0 Å². The van der Waals surface area contributed by atoms with E-state index < -0.39 is 0 Å². The number of fused-ring (bicyclic) bond motifs is 1. The average molecular weight is 176 g/mol. The second kappa shape index (κ2) is 2.76. The van der Waals surface area contributed by atoms with Crippen molar-refractivity contribution in [2.24, 2.45) is 0 Å². The maximum atomic E-state index is 9.19. The predicted octanol–water partition coefficient (Wildman–Crippen LogP) is 2.05. The summed E-state index contributed by atoms with van der Waals surface area (Å²) in [5.41, 5.74) is 0. The third kappa shape index (κ3) is 1.28. The van der Waals surface area contributed by atoms with Gasteiger partial charge in [0.1, 0.15) is 5.75 Å². The van der Waals surface area contributed by atoms with E-state index in [-0.39, 0.29) is 0 Å². The molecule has 60 valence electrons. The van der Waals surface area contributed by atoms with E-state index in [4.69, 9.17) is 0 Å². The van der Waals surface area contributed by atoms with Gasteiger partial charge in [-0.1, -0.05) is 18.2 Å². The second-order valence-corrected chi connectivity index (χ2v) is 3.46. The lowest BCUT2D eigenvalue weighted by Crippen LogP contribution is -1.87. The summed E-state index contributed by atoms with van der Waals surface area (Å²) in [7, 11) is 2.65. The standard InChI is InChI=1S/C10H9OP/c11-9-3-1-8-6-10(12)4-2-7(8)5-9/h1-6,11H,12H2. The summed E-state index contributed by atoms with van der Waals surface area (Å²) in [5, 5.41) is 12.6. The van der Waals surface area contributed by atoms with Gasteiger partial charge in [-0.25, -0.2) is 0 Å². The minimum absolute atomic E-state index is 0.319. The molecule has 1 N–H and O–H groups in total. The Hall–Kier alpha value is -1.07. The van der Waals surface area contributed by atoms with Crippen LogP contribution in [0.4, 0.5) is 0 Å². The van der Waals surface area contributed by atoms with Crippen LogP contribution in [-0.2, 0) is 0 Å². The van der Waals surface area contributed by atoms with Crippen molar-refractivity contribution in [1.29, 1.82) is 0 Å². The number of aromatic hydroxyl groups is 1. The van der Waals surface area contributed by atoms with Crippen LogP contribution in [0.3, 0.4) is 0 Å². The van der Waals surface area contributed by atoms with Crippen LogP contribution in [0.2, 0.25) is 0 Å². The molecule has 0 saturated heterocycles. The monoisotopic (exact) mass is 176 g/mol. The Balaban J connectivity index is 2.79. The molecule has 2 heteroatoms. The van der Waals surface area contributed by atoms with E-state index in [1.165, 1.54) is 0 Å². The van der Waals surface area contributed by atoms with E-state index in [9.17, 15) is 5.11 Å². The van der Waals surface area contributed by atoms with Crippen LogP contribution in [0.25, 0.3) is 10.8 Å². The van der Waals surface area contributed by atoms with Gasteiger partial charge in [0.05, 0.1) is 0 Å². The first-order chi connectivity index (χ1) is 5.75. The van der Waals surface area contributed by atoms with Crippen molar-refractivity contribution in [2.45, 2.75) is 0 Å². The van der Waals surface area contributed by atoms with Gasteiger partial charge in [-0.2, -0.15) is 0 Å². The minimum atomic E-state index is 0.319. The van der Waals surface area contributed by atoms with Crippen LogP contribution >= 0.6 is 9.24 Å². The van der Waals surface area contributed by atoms with Crippen molar-refractivity contribution in [1.82, 2.24) is 0 Å². The summed E-state index contributed by atoms with van der Waals surface area (Å²) in [6, 6.07) is 11.5. The molecule has 0 aliphatic heterocycles. The quantitative estimate of drug-likeness (QED) is 0.609. The highest BCUT2D eigenvalue weighted by atomic mass is 31.0. The Morgan fingerprint density at radius 2 is 1.58 bits per heavy atom. The molecule has 1 unspecified atom stereocenters. The molecule has 1 atom stereocenters. The number of benzene rings is 2. The van der Waals surface area contributed by atoms with E-state index >= 15 is 0 Å². The Morgan fingerprint density at radius 1 is 0.917 bits per heavy atom. The molecule has 0 spiro atoms. The number of hydrogen-bond donors (Lipinski definition) is 1. The summed E-state index contributed by atoms with van der Waals surface area (Å²) in [6.07, 6.45) is 0. The maximum Gasteiger partial charge on any atom is 0.116 e. The summed E-state index contributed by atoms with van der Waals surface area (Å²) in [5.74, 6) is 0.319. The molecule has 2 aromatic carbocycles. The number of phenols is 1. The van der Waals surface area contributed by atoms with Gasteiger partial charge >= 0.3 is 0 Å². The zero-order valence-electron chi connectivity index (χ0n) is 6.49. The van der Waals surface area contributed by atoms with Crippen LogP contribution in [0.15, 0.2) is 36.4 Å². The third-order valence-corrected chi connectivity index (χ3v) is 2.21. The fourth-order valence-electron chi connectivity index (χ4n) is 1.25. The molecule has 0 amide bonds. The normalized spacial score (nSPS) is 10.4. The van der Waals surface area contributed by atoms with Crippen molar-refractivity contribution in [3.05, 3.63) is 36.4 Å². The summed E-state index contributed by atoms with van der Waals surface area (Å²) in [4.78, 5) is 0. The largest absolute Gasteiger partial charge is 0.508 e. The molecule has 0 fully saturated rings. The van der Waals surface area contributed by atoms with Gasteiger partial charge in [0.2, 0.25) is 0 Å². The fourth-order valence-corrected chi connectivity index (χ4v) is 1.53. The molecule has 2 aromatic rings. The molecular weight excluding hydrogens is 167 g/mol. The highest BCUT2D eigenvalue weighted by molar-refractivity contribution is 7.27. The minimum Gasteiger partial charge on any atom is -0.508 e. The molecule has 0 saturated carbocycles. The molecule has 0 aliphatic rings. The highest BCUT2D eigenvalue weighted by Crippen LogP contribution is 2.18. The van der Waals surface area contributed by atoms with Crippen molar-refractivity contribution < 1.29 is 5.11 Å². The molecule has 0 aromatic heterocycles. The molecule has 0 bridgehead atoms. The lowest BCUT2D eigenvalue weighted by molar-refractivity contribution is 0.476. The molecule has 0 heterocycles. The van der Waals surface area contributed by atoms with Crippen LogP contribution < -0.4 is 5.30 Å². The number of hydrogen-bond acceptors (Lipinski definition) is 1. The lowest BCUT2D eigenvalue weighted by atomic mass is 10.1. The molecule has 0 aliphatic carbocycles. The Bertz CT molecular complexity index is 382. The van der Waals surface area contributed by atoms with Gasteiger partial charge in [-0.05, 0) is 34.3 Å². The van der Waals surface area contributed by atoms with Gasteiger partial charge < -0.3 is 5.11 Å². The van der Waals surface area contributed by atoms with Gasteiger partial charge in [-0.3, -0.25) is 0 Å². The van der Waals surface area contributed by atoms with Crippen molar-refractivity contribution >= 4 is 25.3 Å². The van der Waals surface area contributed by atoms with Gasteiger partial charge in [0.25, 0.3) is 0 Å². The van der Waals surface area contributed by atoms with Crippen molar-refractivity contribution in [3.63, 3.8) is 0 Å². The van der Waals surface area contributed by atoms with E-state index in [2.05, 4.69) is 15.3 Å². The Kier molecular flexibility index (Phi) is 1.74. The van der Waals surface area contributed by atoms with E-state index in [1.807, 2.05) is 18.2 Å². The maximum absolute atomic E-state index is 9.19. The SMILES string of the molecule is Oc1ccc2cc(P)ccc2c1. The van der Waals surface area contributed by atoms with E-state index in [0.717, 1.165) is 16.1 Å². The zero-order valence-corrected chi connectivity index (χ0v) is 7.64. The first-order valence-electron chi connectivity index (χ1n) is 3.74.